The van der Waals surface area contributed by atoms with Crippen LogP contribution in [0.25, 0.3) is 0 Å². The number of hydrogen-bond donors (Lipinski definition) is 1. The third-order valence-electron chi connectivity index (χ3n) is 5.49. The molecule has 2 aliphatic rings. The third kappa shape index (κ3) is 2.57. The molecule has 0 aromatic heterocycles. The standard InChI is InChI=1S/C18H26FN/c1-18(2,3)13-6-4-12(5-7-13)16-11-20-17-9-8-14(19)10-15(16)17/h8-10,12-13,16,20H,4-7,11H2,1-3H3. The van der Waals surface area contributed by atoms with E-state index in [1.807, 2.05) is 6.07 Å². The summed E-state index contributed by atoms with van der Waals surface area (Å²) in [6.07, 6.45) is 5.25. The first-order valence-electron chi connectivity index (χ1n) is 7.98. The Hall–Kier alpha value is -1.05. The van der Waals surface area contributed by atoms with Gasteiger partial charge in [0, 0.05) is 18.2 Å². The number of halogens is 1. The van der Waals surface area contributed by atoms with Crippen molar-refractivity contribution < 1.29 is 4.39 Å². The van der Waals surface area contributed by atoms with E-state index in [9.17, 15) is 4.39 Å². The van der Waals surface area contributed by atoms with Crippen molar-refractivity contribution in [3.63, 3.8) is 0 Å². The summed E-state index contributed by atoms with van der Waals surface area (Å²) in [6.45, 7) is 8.07. The second-order valence-corrected chi connectivity index (χ2v) is 7.70. The van der Waals surface area contributed by atoms with Gasteiger partial charge < -0.3 is 5.32 Å². The van der Waals surface area contributed by atoms with Gasteiger partial charge in [0.25, 0.3) is 0 Å². The Morgan fingerprint density at radius 1 is 1.10 bits per heavy atom. The highest BCUT2D eigenvalue weighted by Crippen LogP contribution is 2.47. The maximum atomic E-state index is 13.5. The van der Waals surface area contributed by atoms with Crippen molar-refractivity contribution in [3.8, 4) is 0 Å². The zero-order valence-electron chi connectivity index (χ0n) is 12.9. The molecule has 110 valence electrons. The molecule has 1 aliphatic heterocycles. The van der Waals surface area contributed by atoms with Crippen molar-refractivity contribution in [2.24, 2.45) is 17.3 Å². The monoisotopic (exact) mass is 275 g/mol. The zero-order chi connectivity index (χ0) is 14.3. The van der Waals surface area contributed by atoms with Gasteiger partial charge in [-0.1, -0.05) is 20.8 Å². The van der Waals surface area contributed by atoms with Crippen molar-refractivity contribution in [1.82, 2.24) is 0 Å². The van der Waals surface area contributed by atoms with Crippen LogP contribution in [-0.2, 0) is 0 Å². The van der Waals surface area contributed by atoms with E-state index in [4.69, 9.17) is 0 Å². The Labute approximate surface area is 122 Å². The van der Waals surface area contributed by atoms with E-state index in [1.54, 1.807) is 12.1 Å². The summed E-state index contributed by atoms with van der Waals surface area (Å²) in [5.74, 6) is 1.99. The molecule has 0 amide bonds. The van der Waals surface area contributed by atoms with Crippen molar-refractivity contribution in [2.75, 3.05) is 11.9 Å². The highest BCUT2D eigenvalue weighted by atomic mass is 19.1. The van der Waals surface area contributed by atoms with E-state index >= 15 is 0 Å². The van der Waals surface area contributed by atoms with E-state index in [1.165, 1.54) is 31.2 Å². The minimum Gasteiger partial charge on any atom is -0.384 e. The van der Waals surface area contributed by atoms with Gasteiger partial charge >= 0.3 is 0 Å². The summed E-state index contributed by atoms with van der Waals surface area (Å²) in [7, 11) is 0. The smallest absolute Gasteiger partial charge is 0.123 e. The molecule has 0 bridgehead atoms. The molecule has 0 radical (unpaired) electrons. The average Bonchev–Trinajstić information content (AvgIpc) is 2.81. The van der Waals surface area contributed by atoms with Gasteiger partial charge in [-0.3, -0.25) is 0 Å². The second-order valence-electron chi connectivity index (χ2n) is 7.70. The van der Waals surface area contributed by atoms with Crippen LogP contribution < -0.4 is 5.32 Å². The Kier molecular flexibility index (Phi) is 3.51. The third-order valence-corrected chi connectivity index (χ3v) is 5.49. The number of anilines is 1. The Bertz CT molecular complexity index is 481. The van der Waals surface area contributed by atoms with Gasteiger partial charge in [0.05, 0.1) is 0 Å². The quantitative estimate of drug-likeness (QED) is 0.744. The molecule has 2 heteroatoms. The first-order valence-corrected chi connectivity index (χ1v) is 7.98. The van der Waals surface area contributed by atoms with E-state index in [0.29, 0.717) is 11.3 Å². The molecule has 1 aromatic rings. The van der Waals surface area contributed by atoms with Gasteiger partial charge in [-0.05, 0) is 66.7 Å². The van der Waals surface area contributed by atoms with Crippen LogP contribution in [0.3, 0.4) is 0 Å². The molecule has 1 fully saturated rings. The van der Waals surface area contributed by atoms with Gasteiger partial charge in [0.2, 0.25) is 0 Å². The zero-order valence-corrected chi connectivity index (χ0v) is 12.9. The topological polar surface area (TPSA) is 12.0 Å². The van der Waals surface area contributed by atoms with Crippen molar-refractivity contribution in [2.45, 2.75) is 52.4 Å². The predicted molar refractivity (Wildman–Crippen MR) is 82.5 cm³/mol. The van der Waals surface area contributed by atoms with Gasteiger partial charge in [-0.25, -0.2) is 4.39 Å². The summed E-state index contributed by atoms with van der Waals surface area (Å²) >= 11 is 0. The van der Waals surface area contributed by atoms with Crippen LogP contribution in [0.4, 0.5) is 10.1 Å². The molecule has 1 unspecified atom stereocenters. The molecule has 1 nitrogen and oxygen atoms in total. The number of fused-ring (bicyclic) bond motifs is 1. The number of nitrogens with one attached hydrogen (secondary N) is 1. The molecule has 1 atom stereocenters. The average molecular weight is 275 g/mol. The first-order chi connectivity index (χ1) is 9.45. The molecular formula is C18H26FN. The number of benzene rings is 1. The molecule has 1 N–H and O–H groups in total. The van der Waals surface area contributed by atoms with Crippen LogP contribution in [-0.4, -0.2) is 6.54 Å². The largest absolute Gasteiger partial charge is 0.384 e. The van der Waals surface area contributed by atoms with E-state index in [2.05, 4.69) is 26.1 Å². The van der Waals surface area contributed by atoms with E-state index < -0.39 is 0 Å². The molecule has 20 heavy (non-hydrogen) atoms. The van der Waals surface area contributed by atoms with E-state index in [-0.39, 0.29) is 5.82 Å². The van der Waals surface area contributed by atoms with Gasteiger partial charge in [-0.2, -0.15) is 0 Å². The maximum absolute atomic E-state index is 13.5. The fourth-order valence-electron chi connectivity index (χ4n) is 4.14. The molecule has 1 aromatic carbocycles. The Balaban J connectivity index is 1.70. The van der Waals surface area contributed by atoms with Crippen molar-refractivity contribution in [3.05, 3.63) is 29.6 Å². The molecule has 1 aliphatic carbocycles. The van der Waals surface area contributed by atoms with Crippen LogP contribution in [0.5, 0.6) is 0 Å². The molecule has 1 saturated carbocycles. The normalized spacial score (nSPS) is 29.9. The van der Waals surface area contributed by atoms with Crippen LogP contribution in [0.1, 0.15) is 57.9 Å². The van der Waals surface area contributed by atoms with Crippen molar-refractivity contribution >= 4 is 5.69 Å². The predicted octanol–water partition coefficient (Wildman–Crippen LogP) is 5.19. The molecule has 3 rings (SSSR count). The Morgan fingerprint density at radius 3 is 2.45 bits per heavy atom. The lowest BCUT2D eigenvalue weighted by Crippen LogP contribution is -2.28. The first kappa shape index (κ1) is 13.9. The van der Waals surface area contributed by atoms with Crippen LogP contribution >= 0.6 is 0 Å². The molecule has 0 spiro atoms. The summed E-state index contributed by atoms with van der Waals surface area (Å²) in [5, 5.41) is 3.45. The van der Waals surface area contributed by atoms with Gasteiger partial charge in [0.15, 0.2) is 0 Å². The lowest BCUT2D eigenvalue weighted by atomic mass is 9.67. The molecule has 1 heterocycles. The van der Waals surface area contributed by atoms with Gasteiger partial charge in [-0.15, -0.1) is 0 Å². The number of rotatable bonds is 1. The maximum Gasteiger partial charge on any atom is 0.123 e. The second kappa shape index (κ2) is 5.05. The molecular weight excluding hydrogens is 249 g/mol. The summed E-state index contributed by atoms with van der Waals surface area (Å²) in [4.78, 5) is 0. The van der Waals surface area contributed by atoms with Crippen LogP contribution in [0.2, 0.25) is 0 Å². The lowest BCUT2D eigenvalue weighted by Gasteiger charge is -2.38. The number of hydrogen-bond acceptors (Lipinski definition) is 1. The van der Waals surface area contributed by atoms with E-state index in [0.717, 1.165) is 24.1 Å². The fourth-order valence-corrected chi connectivity index (χ4v) is 4.14. The van der Waals surface area contributed by atoms with Crippen LogP contribution in [0.15, 0.2) is 18.2 Å². The highest BCUT2D eigenvalue weighted by molar-refractivity contribution is 5.58. The summed E-state index contributed by atoms with van der Waals surface area (Å²) < 4.78 is 13.5. The molecule has 0 saturated heterocycles. The van der Waals surface area contributed by atoms with Gasteiger partial charge in [0.1, 0.15) is 5.82 Å². The highest BCUT2D eigenvalue weighted by Gasteiger charge is 2.35. The fraction of sp³-hybridized carbons (Fsp3) is 0.667. The lowest BCUT2D eigenvalue weighted by molar-refractivity contribution is 0.141. The minimum absolute atomic E-state index is 0.0965. The SMILES string of the molecule is CC(C)(C)C1CCC(C2CNc3ccc(F)cc32)CC1. The Morgan fingerprint density at radius 2 is 1.80 bits per heavy atom. The van der Waals surface area contributed by atoms with Crippen LogP contribution in [0, 0.1) is 23.1 Å². The van der Waals surface area contributed by atoms with Crippen molar-refractivity contribution in [1.29, 1.82) is 0 Å². The summed E-state index contributed by atoms with van der Waals surface area (Å²) in [5.41, 5.74) is 2.79. The summed E-state index contributed by atoms with van der Waals surface area (Å²) in [6, 6.07) is 5.20. The minimum atomic E-state index is -0.0965.